The summed E-state index contributed by atoms with van der Waals surface area (Å²) in [6.45, 7) is 0.890. The van der Waals surface area contributed by atoms with Crippen LogP contribution >= 0.6 is 0 Å². The summed E-state index contributed by atoms with van der Waals surface area (Å²) in [5.41, 5.74) is 1.91. The first-order valence-corrected chi connectivity index (χ1v) is 10.8. The van der Waals surface area contributed by atoms with Gasteiger partial charge in [0.1, 0.15) is 11.9 Å². The highest BCUT2D eigenvalue weighted by Gasteiger charge is 2.23. The van der Waals surface area contributed by atoms with Crippen molar-refractivity contribution in [1.29, 1.82) is 0 Å². The maximum absolute atomic E-state index is 12.5. The minimum Gasteiger partial charge on any atom is -0.368 e. The smallest absolute Gasteiger partial charge is 0.261 e. The molecule has 0 radical (unpaired) electrons. The molecule has 4 rings (SSSR count). The second-order valence-electron chi connectivity index (χ2n) is 6.93. The van der Waals surface area contributed by atoms with Gasteiger partial charge in [-0.25, -0.2) is 13.4 Å². The van der Waals surface area contributed by atoms with Crippen molar-refractivity contribution in [3.8, 4) is 0 Å². The molecule has 1 aliphatic rings. The highest BCUT2D eigenvalue weighted by Crippen LogP contribution is 2.22. The molecule has 1 atom stereocenters. The monoisotopic (exact) mass is 414 g/mol. The third-order valence-corrected chi connectivity index (χ3v) is 6.32. The van der Waals surface area contributed by atoms with Gasteiger partial charge in [-0.1, -0.05) is 18.2 Å². The fourth-order valence-electron chi connectivity index (χ4n) is 3.35. The number of nitrogens with zero attached hydrogens (tertiary/aromatic N) is 2. The summed E-state index contributed by atoms with van der Waals surface area (Å²) in [4.78, 5) is 16.9. The molecule has 0 bridgehead atoms. The second kappa shape index (κ2) is 7.84. The molecule has 9 heteroatoms. The molecule has 3 aromatic rings. The van der Waals surface area contributed by atoms with Crippen LogP contribution in [0.25, 0.3) is 11.0 Å². The first-order valence-electron chi connectivity index (χ1n) is 9.36. The number of nitrogens with one attached hydrogen (secondary N) is 2. The van der Waals surface area contributed by atoms with Crippen molar-refractivity contribution in [2.45, 2.75) is 30.4 Å². The van der Waals surface area contributed by atoms with Crippen LogP contribution in [0.3, 0.4) is 0 Å². The molecule has 0 spiro atoms. The Balaban J connectivity index is 1.51. The van der Waals surface area contributed by atoms with Gasteiger partial charge in [-0.15, -0.1) is 0 Å². The molecule has 0 unspecified atom stereocenters. The third-order valence-electron chi connectivity index (χ3n) is 4.92. The van der Waals surface area contributed by atoms with E-state index in [9.17, 15) is 13.2 Å². The highest BCUT2D eigenvalue weighted by molar-refractivity contribution is 7.92. The van der Waals surface area contributed by atoms with E-state index in [1.807, 2.05) is 11.6 Å². The lowest BCUT2D eigenvalue weighted by molar-refractivity contribution is -0.130. The highest BCUT2D eigenvalue weighted by atomic mass is 32.2. The summed E-state index contributed by atoms with van der Waals surface area (Å²) >= 11 is 0. The number of hydrogen-bond acceptors (Lipinski definition) is 5. The summed E-state index contributed by atoms with van der Waals surface area (Å²) in [7, 11) is -1.81. The molecule has 1 saturated heterocycles. The van der Waals surface area contributed by atoms with Crippen molar-refractivity contribution < 1.29 is 17.9 Å². The summed E-state index contributed by atoms with van der Waals surface area (Å²) in [5.74, 6) is 0.542. The van der Waals surface area contributed by atoms with E-state index >= 15 is 0 Å². The molecule has 1 aromatic heterocycles. The van der Waals surface area contributed by atoms with E-state index in [1.165, 1.54) is 12.1 Å². The van der Waals surface area contributed by atoms with Gasteiger partial charge >= 0.3 is 0 Å². The summed E-state index contributed by atoms with van der Waals surface area (Å²) < 4.78 is 34.9. The predicted octanol–water partition coefficient (Wildman–Crippen LogP) is 2.17. The van der Waals surface area contributed by atoms with Crippen LogP contribution in [0.1, 0.15) is 18.7 Å². The maximum Gasteiger partial charge on any atom is 0.261 e. The molecule has 1 aliphatic heterocycles. The summed E-state index contributed by atoms with van der Waals surface area (Å²) in [5, 5.41) is 2.86. The molecule has 2 aromatic carbocycles. The Bertz CT molecular complexity index is 1140. The number of aryl methyl sites for hydroxylation is 1. The van der Waals surface area contributed by atoms with E-state index in [0.717, 1.165) is 18.4 Å². The fourth-order valence-corrected chi connectivity index (χ4v) is 4.42. The Kier molecular flexibility index (Phi) is 5.25. The van der Waals surface area contributed by atoms with Gasteiger partial charge in [0.15, 0.2) is 0 Å². The number of carbonyl (C=O) groups is 1. The van der Waals surface area contributed by atoms with E-state index in [2.05, 4.69) is 15.0 Å². The lowest BCUT2D eigenvalue weighted by atomic mass is 10.2. The molecule has 8 nitrogen and oxygen atoms in total. The Morgan fingerprint density at radius 2 is 2.03 bits per heavy atom. The van der Waals surface area contributed by atoms with Crippen LogP contribution in [0.4, 0.5) is 5.69 Å². The first kappa shape index (κ1) is 19.4. The van der Waals surface area contributed by atoms with E-state index in [4.69, 9.17) is 4.74 Å². The number of imidazole rings is 1. The summed E-state index contributed by atoms with van der Waals surface area (Å²) in [6, 6.07) is 13.4. The number of hydrogen-bond donors (Lipinski definition) is 2. The Labute approximate surface area is 168 Å². The normalized spacial score (nSPS) is 16.8. The zero-order valence-corrected chi connectivity index (χ0v) is 16.8. The number of amides is 1. The average molecular weight is 414 g/mol. The van der Waals surface area contributed by atoms with Gasteiger partial charge in [0.05, 0.1) is 28.2 Å². The van der Waals surface area contributed by atoms with Crippen LogP contribution in [0.15, 0.2) is 53.4 Å². The van der Waals surface area contributed by atoms with Gasteiger partial charge in [0, 0.05) is 13.7 Å². The van der Waals surface area contributed by atoms with Crippen molar-refractivity contribution in [2.75, 3.05) is 11.3 Å². The topological polar surface area (TPSA) is 102 Å². The van der Waals surface area contributed by atoms with E-state index in [0.29, 0.717) is 23.6 Å². The minimum absolute atomic E-state index is 0.133. The van der Waals surface area contributed by atoms with Gasteiger partial charge in [-0.3, -0.25) is 9.52 Å². The molecule has 2 heterocycles. The molecule has 152 valence electrons. The van der Waals surface area contributed by atoms with E-state index in [1.54, 1.807) is 36.4 Å². The number of fused-ring (bicyclic) bond motifs is 1. The van der Waals surface area contributed by atoms with Crippen LogP contribution in [0.5, 0.6) is 0 Å². The lowest BCUT2D eigenvalue weighted by Gasteiger charge is -2.10. The maximum atomic E-state index is 12.5. The molecular weight excluding hydrogens is 392 g/mol. The number of benzene rings is 2. The number of carbonyl (C=O) groups excluding carboxylic acids is 1. The number of rotatable bonds is 6. The number of sulfonamides is 1. The van der Waals surface area contributed by atoms with Gasteiger partial charge < -0.3 is 14.6 Å². The van der Waals surface area contributed by atoms with Crippen molar-refractivity contribution in [3.05, 3.63) is 54.4 Å². The van der Waals surface area contributed by atoms with Gasteiger partial charge in [-0.05, 0) is 43.2 Å². The summed E-state index contributed by atoms with van der Waals surface area (Å²) in [6.07, 6.45) is 1.24. The number of anilines is 1. The largest absolute Gasteiger partial charge is 0.368 e. The van der Waals surface area contributed by atoms with Crippen molar-refractivity contribution >= 4 is 32.7 Å². The lowest BCUT2D eigenvalue weighted by Crippen LogP contribution is -2.34. The molecule has 0 saturated carbocycles. The standard InChI is InChI=1S/C20H22N4O4S/c1-24-17-10-9-14(23-29(26,27)15-6-3-2-4-7-15)12-16(17)22-19(24)13-21-20(25)18-8-5-11-28-18/h2-4,6-7,9-10,12,18,23H,5,8,11,13H2,1H3,(H,21,25)/t18-/m1/s1. The average Bonchev–Trinajstić information content (AvgIpc) is 3.35. The van der Waals surface area contributed by atoms with Crippen LogP contribution in [-0.2, 0) is 33.1 Å². The second-order valence-corrected chi connectivity index (χ2v) is 8.61. The van der Waals surface area contributed by atoms with Gasteiger partial charge in [0.25, 0.3) is 10.0 Å². The SMILES string of the molecule is Cn1c(CNC(=O)[C@H]2CCCO2)nc2cc(NS(=O)(=O)c3ccccc3)ccc21. The Morgan fingerprint density at radius 3 is 2.76 bits per heavy atom. The van der Waals surface area contributed by atoms with Crippen LogP contribution in [0, 0.1) is 0 Å². The third kappa shape index (κ3) is 4.10. The van der Waals surface area contributed by atoms with Crippen LogP contribution in [0.2, 0.25) is 0 Å². The number of ether oxygens (including phenoxy) is 1. The van der Waals surface area contributed by atoms with Crippen molar-refractivity contribution in [1.82, 2.24) is 14.9 Å². The van der Waals surface area contributed by atoms with Gasteiger partial charge in [-0.2, -0.15) is 0 Å². The zero-order valence-electron chi connectivity index (χ0n) is 16.0. The Hall–Kier alpha value is -2.91. The van der Waals surface area contributed by atoms with Crippen LogP contribution in [-0.4, -0.2) is 36.6 Å². The van der Waals surface area contributed by atoms with Crippen LogP contribution < -0.4 is 10.0 Å². The molecule has 1 fully saturated rings. The molecule has 0 aliphatic carbocycles. The first-order chi connectivity index (χ1) is 13.9. The zero-order chi connectivity index (χ0) is 20.4. The molecule has 2 N–H and O–H groups in total. The van der Waals surface area contributed by atoms with Crippen molar-refractivity contribution in [2.24, 2.45) is 7.05 Å². The van der Waals surface area contributed by atoms with E-state index in [-0.39, 0.29) is 23.5 Å². The fraction of sp³-hybridized carbons (Fsp3) is 0.300. The van der Waals surface area contributed by atoms with Gasteiger partial charge in [0.2, 0.25) is 5.91 Å². The van der Waals surface area contributed by atoms with E-state index < -0.39 is 10.0 Å². The molecule has 29 heavy (non-hydrogen) atoms. The predicted molar refractivity (Wildman–Crippen MR) is 109 cm³/mol. The molecule has 1 amide bonds. The quantitative estimate of drug-likeness (QED) is 0.644. The Morgan fingerprint density at radius 1 is 1.24 bits per heavy atom. The minimum atomic E-state index is -3.67. The molecular formula is C20H22N4O4S. The number of aromatic nitrogens is 2. The van der Waals surface area contributed by atoms with Crippen molar-refractivity contribution in [3.63, 3.8) is 0 Å².